The number of carbonyl (C=O) groups is 1. The van der Waals surface area contributed by atoms with E-state index in [4.69, 9.17) is 16.3 Å². The summed E-state index contributed by atoms with van der Waals surface area (Å²) in [7, 11) is 0. The first-order valence-corrected chi connectivity index (χ1v) is 7.33. The van der Waals surface area contributed by atoms with E-state index in [9.17, 15) is 4.79 Å². The lowest BCUT2D eigenvalue weighted by Gasteiger charge is -2.14. The van der Waals surface area contributed by atoms with Crippen molar-refractivity contribution in [1.82, 2.24) is 14.8 Å². The highest BCUT2D eigenvalue weighted by Crippen LogP contribution is 2.27. The van der Waals surface area contributed by atoms with Crippen molar-refractivity contribution in [3.8, 4) is 11.3 Å². The van der Waals surface area contributed by atoms with E-state index in [1.165, 1.54) is 0 Å². The van der Waals surface area contributed by atoms with Gasteiger partial charge < -0.3 is 4.74 Å². The third-order valence-corrected chi connectivity index (χ3v) is 3.72. The van der Waals surface area contributed by atoms with Crippen LogP contribution in [0.3, 0.4) is 0 Å². The highest BCUT2D eigenvalue weighted by Gasteiger charge is 2.23. The Labute approximate surface area is 136 Å². The molecule has 6 nitrogen and oxygen atoms in total. The largest absolute Gasteiger partial charge is 0.465 e. The van der Waals surface area contributed by atoms with E-state index in [-0.39, 0.29) is 12.5 Å². The second-order valence-electron chi connectivity index (χ2n) is 4.99. The van der Waals surface area contributed by atoms with Gasteiger partial charge in [0.05, 0.1) is 0 Å². The van der Waals surface area contributed by atoms with Crippen LogP contribution in [0.1, 0.15) is 5.69 Å². The molecule has 0 atom stereocenters. The normalized spacial score (nSPS) is 14.3. The Kier molecular flexibility index (Phi) is 3.24. The van der Waals surface area contributed by atoms with Crippen LogP contribution in [-0.2, 0) is 9.53 Å². The number of pyridine rings is 1. The highest BCUT2D eigenvalue weighted by atomic mass is 35.5. The van der Waals surface area contributed by atoms with Crippen LogP contribution in [0.15, 0.2) is 53.8 Å². The summed E-state index contributed by atoms with van der Waals surface area (Å²) in [6, 6.07) is 13.1. The minimum Gasteiger partial charge on any atom is -0.465 e. The van der Waals surface area contributed by atoms with Crippen LogP contribution in [0.4, 0.5) is 0 Å². The molecule has 0 bridgehead atoms. The zero-order valence-corrected chi connectivity index (χ0v) is 12.6. The topological polar surface area (TPSA) is 68.0 Å². The molecule has 0 fully saturated rings. The lowest BCUT2D eigenvalue weighted by molar-refractivity contribution is -0.124. The molecule has 1 amide bonds. The number of fused-ring (bicyclic) bond motifs is 1. The summed E-state index contributed by atoms with van der Waals surface area (Å²) in [6.45, 7) is -0.0705. The number of ether oxygens (including phenoxy) is 1. The maximum Gasteiger partial charge on any atom is 0.278 e. The Morgan fingerprint density at radius 2 is 2.00 bits per heavy atom. The molecule has 2 aromatic heterocycles. The fourth-order valence-electron chi connectivity index (χ4n) is 2.44. The Bertz CT molecular complexity index is 931. The van der Waals surface area contributed by atoms with Gasteiger partial charge in [-0.2, -0.15) is 0 Å². The van der Waals surface area contributed by atoms with Gasteiger partial charge >= 0.3 is 0 Å². The summed E-state index contributed by atoms with van der Waals surface area (Å²) in [6.07, 6.45) is 1.87. The van der Waals surface area contributed by atoms with Crippen LogP contribution < -0.4 is 5.43 Å². The van der Waals surface area contributed by atoms with Crippen molar-refractivity contribution in [3.05, 3.63) is 59.4 Å². The second kappa shape index (κ2) is 5.40. The quantitative estimate of drug-likeness (QED) is 0.786. The minimum atomic E-state index is -0.282. The molecule has 0 aliphatic carbocycles. The van der Waals surface area contributed by atoms with Gasteiger partial charge in [-0.05, 0) is 24.3 Å². The Morgan fingerprint density at radius 1 is 1.17 bits per heavy atom. The van der Waals surface area contributed by atoms with E-state index in [0.717, 1.165) is 11.2 Å². The molecule has 23 heavy (non-hydrogen) atoms. The molecular formula is C16H11ClN4O2. The van der Waals surface area contributed by atoms with Crippen molar-refractivity contribution < 1.29 is 9.53 Å². The van der Waals surface area contributed by atoms with E-state index < -0.39 is 0 Å². The molecule has 1 aliphatic rings. The van der Waals surface area contributed by atoms with Gasteiger partial charge in [0.1, 0.15) is 17.0 Å². The second-order valence-corrected chi connectivity index (χ2v) is 5.42. The van der Waals surface area contributed by atoms with Crippen LogP contribution in [0.25, 0.3) is 16.9 Å². The molecule has 1 aliphatic heterocycles. The predicted octanol–water partition coefficient (Wildman–Crippen LogP) is 2.46. The van der Waals surface area contributed by atoms with E-state index in [2.05, 4.69) is 15.5 Å². The number of rotatable bonds is 2. The molecule has 3 heterocycles. The van der Waals surface area contributed by atoms with Gasteiger partial charge in [0.15, 0.2) is 6.61 Å². The number of hydrogen-bond acceptors (Lipinski definition) is 4. The molecule has 1 N–H and O–H groups in total. The van der Waals surface area contributed by atoms with Crippen LogP contribution >= 0.6 is 11.6 Å². The average Bonchev–Trinajstić information content (AvgIpc) is 2.96. The van der Waals surface area contributed by atoms with E-state index >= 15 is 0 Å². The third-order valence-electron chi connectivity index (χ3n) is 3.47. The first-order chi connectivity index (χ1) is 11.2. The zero-order valence-electron chi connectivity index (χ0n) is 11.9. The highest BCUT2D eigenvalue weighted by molar-refractivity contribution is 6.30. The SMILES string of the molecule is O=C1COC(c2c(-c3ccc(Cl)cc3)nc3ccccn23)=NN1. The monoisotopic (exact) mass is 326 g/mol. The molecule has 0 saturated heterocycles. The van der Waals surface area contributed by atoms with Gasteiger partial charge in [0.25, 0.3) is 11.8 Å². The van der Waals surface area contributed by atoms with Gasteiger partial charge in [-0.15, -0.1) is 5.10 Å². The summed E-state index contributed by atoms with van der Waals surface area (Å²) < 4.78 is 7.35. The van der Waals surface area contributed by atoms with Crippen LogP contribution in [0.5, 0.6) is 0 Å². The number of aromatic nitrogens is 2. The van der Waals surface area contributed by atoms with Gasteiger partial charge in [0, 0.05) is 16.8 Å². The van der Waals surface area contributed by atoms with Crippen LogP contribution in [-0.4, -0.2) is 27.8 Å². The maximum atomic E-state index is 11.3. The summed E-state index contributed by atoms with van der Waals surface area (Å²) in [5.74, 6) is 0.0452. The molecule has 114 valence electrons. The minimum absolute atomic E-state index is 0.0705. The third kappa shape index (κ3) is 2.43. The zero-order chi connectivity index (χ0) is 15.8. The summed E-state index contributed by atoms with van der Waals surface area (Å²) in [5, 5.41) is 4.67. The average molecular weight is 327 g/mol. The number of benzene rings is 1. The molecule has 0 saturated carbocycles. The number of hydrazone groups is 1. The van der Waals surface area contributed by atoms with Gasteiger partial charge in [0.2, 0.25) is 0 Å². The Hall–Kier alpha value is -2.86. The van der Waals surface area contributed by atoms with Crippen molar-refractivity contribution >= 4 is 29.1 Å². The standard InChI is InChI=1S/C16H11ClN4O2/c17-11-6-4-10(5-7-11)14-15(16-20-19-13(22)9-23-16)21-8-2-1-3-12(21)18-14/h1-8H,9H2,(H,19,22). The Balaban J connectivity index is 1.95. The lowest BCUT2D eigenvalue weighted by atomic mass is 10.1. The molecule has 0 unspecified atom stereocenters. The smallest absolute Gasteiger partial charge is 0.278 e. The van der Waals surface area contributed by atoms with Crippen molar-refractivity contribution in [2.24, 2.45) is 5.10 Å². The maximum absolute atomic E-state index is 11.3. The molecule has 0 radical (unpaired) electrons. The van der Waals surface area contributed by atoms with Gasteiger partial charge in [-0.1, -0.05) is 29.8 Å². The van der Waals surface area contributed by atoms with Crippen molar-refractivity contribution in [3.63, 3.8) is 0 Å². The molecular weight excluding hydrogens is 316 g/mol. The molecule has 4 rings (SSSR count). The van der Waals surface area contributed by atoms with Gasteiger partial charge in [-0.3, -0.25) is 9.20 Å². The number of carbonyl (C=O) groups excluding carboxylic acids is 1. The fourth-order valence-corrected chi connectivity index (χ4v) is 2.57. The number of nitrogens with zero attached hydrogens (tertiary/aromatic N) is 3. The Morgan fingerprint density at radius 3 is 2.74 bits per heavy atom. The van der Waals surface area contributed by atoms with Gasteiger partial charge in [-0.25, -0.2) is 10.4 Å². The van der Waals surface area contributed by atoms with E-state index in [1.54, 1.807) is 12.1 Å². The number of amides is 1. The summed E-state index contributed by atoms with van der Waals surface area (Å²) in [4.78, 5) is 15.9. The molecule has 7 heteroatoms. The molecule has 0 spiro atoms. The number of halogens is 1. The van der Waals surface area contributed by atoms with Crippen molar-refractivity contribution in [1.29, 1.82) is 0 Å². The first kappa shape index (κ1) is 13.8. The number of nitrogens with one attached hydrogen (secondary N) is 1. The van der Waals surface area contributed by atoms with Crippen LogP contribution in [0.2, 0.25) is 5.02 Å². The fraction of sp³-hybridized carbons (Fsp3) is 0.0625. The number of imidazole rings is 1. The van der Waals surface area contributed by atoms with Crippen LogP contribution in [0, 0.1) is 0 Å². The number of hydrogen-bond donors (Lipinski definition) is 1. The molecule has 3 aromatic rings. The molecule has 1 aromatic carbocycles. The lowest BCUT2D eigenvalue weighted by Crippen LogP contribution is -2.32. The van der Waals surface area contributed by atoms with Crippen molar-refractivity contribution in [2.75, 3.05) is 6.61 Å². The van der Waals surface area contributed by atoms with E-state index in [0.29, 0.717) is 22.3 Å². The summed E-state index contributed by atoms with van der Waals surface area (Å²) >= 11 is 5.96. The predicted molar refractivity (Wildman–Crippen MR) is 86.3 cm³/mol. The summed E-state index contributed by atoms with van der Waals surface area (Å²) in [5.41, 5.74) is 5.47. The van der Waals surface area contributed by atoms with Crippen molar-refractivity contribution in [2.45, 2.75) is 0 Å². The van der Waals surface area contributed by atoms with E-state index in [1.807, 2.05) is 40.9 Å². The first-order valence-electron chi connectivity index (χ1n) is 6.95.